The van der Waals surface area contributed by atoms with Gasteiger partial charge in [0, 0.05) is 11.8 Å². The van der Waals surface area contributed by atoms with Crippen molar-refractivity contribution in [1.82, 2.24) is 10.3 Å². The molecule has 1 aliphatic heterocycles. The number of aryl methyl sites for hydroxylation is 1. The van der Waals surface area contributed by atoms with Crippen molar-refractivity contribution in [3.05, 3.63) is 47.5 Å². The number of aromatic nitrogens is 1. The van der Waals surface area contributed by atoms with E-state index in [0.29, 0.717) is 6.54 Å². The van der Waals surface area contributed by atoms with Gasteiger partial charge in [0.2, 0.25) is 5.91 Å². The van der Waals surface area contributed by atoms with Gasteiger partial charge in [-0.1, -0.05) is 25.1 Å². The van der Waals surface area contributed by atoms with Gasteiger partial charge in [-0.25, -0.2) is 4.98 Å². The maximum absolute atomic E-state index is 12.2. The Morgan fingerprint density at radius 1 is 1.33 bits per heavy atom. The summed E-state index contributed by atoms with van der Waals surface area (Å²) < 4.78 is 7.46. The lowest BCUT2D eigenvalue weighted by atomic mass is 10.0. The Hall–Kier alpha value is -2.40. The first-order valence-electron chi connectivity index (χ1n) is 9.46. The molecule has 1 N–H and O–H groups in total. The summed E-state index contributed by atoms with van der Waals surface area (Å²) in [5.74, 6) is 1.08. The maximum atomic E-state index is 12.2. The molecule has 2 heterocycles. The molecule has 0 unspecified atom stereocenters. The van der Waals surface area contributed by atoms with Crippen LogP contribution >= 0.6 is 11.3 Å². The minimum Gasteiger partial charge on any atom is -0.487 e. The van der Waals surface area contributed by atoms with Crippen LogP contribution in [0.2, 0.25) is 0 Å². The number of benzene rings is 2. The van der Waals surface area contributed by atoms with E-state index in [0.717, 1.165) is 41.1 Å². The minimum absolute atomic E-state index is 0.0128. The van der Waals surface area contributed by atoms with Crippen molar-refractivity contribution in [3.63, 3.8) is 0 Å². The average molecular weight is 378 g/mol. The van der Waals surface area contributed by atoms with E-state index in [1.165, 1.54) is 15.8 Å². The van der Waals surface area contributed by atoms with Gasteiger partial charge in [-0.3, -0.25) is 4.79 Å². The number of thiazole rings is 1. The summed E-state index contributed by atoms with van der Waals surface area (Å²) in [6.45, 7) is 4.70. The number of ether oxygens (including phenoxy) is 1. The Balaban J connectivity index is 1.41. The molecule has 138 valence electrons. The summed E-state index contributed by atoms with van der Waals surface area (Å²) in [5.41, 5.74) is 4.36. The highest BCUT2D eigenvalue weighted by Gasteiger charge is 2.45. The predicted molar refractivity (Wildman–Crippen MR) is 108 cm³/mol. The SMILES string of the molecule is Cc1cc2c(c(-c3nc4ccccc4s3)c1)O[C@H](CNC(=O)C1(C)CC1)C2. The van der Waals surface area contributed by atoms with Crippen LogP contribution in [-0.4, -0.2) is 23.5 Å². The average Bonchev–Trinajstić information content (AvgIpc) is 3.09. The summed E-state index contributed by atoms with van der Waals surface area (Å²) in [4.78, 5) is 17.0. The first kappa shape index (κ1) is 16.8. The van der Waals surface area contributed by atoms with Gasteiger partial charge in [-0.2, -0.15) is 0 Å². The van der Waals surface area contributed by atoms with Crippen molar-refractivity contribution in [3.8, 4) is 16.3 Å². The van der Waals surface area contributed by atoms with E-state index < -0.39 is 0 Å². The molecule has 3 aromatic rings. The van der Waals surface area contributed by atoms with Crippen molar-refractivity contribution >= 4 is 27.5 Å². The third-order valence-electron chi connectivity index (χ3n) is 5.61. The van der Waals surface area contributed by atoms with E-state index in [1.807, 2.05) is 25.1 Å². The van der Waals surface area contributed by atoms with Gasteiger partial charge in [0.1, 0.15) is 16.9 Å². The molecule has 0 radical (unpaired) electrons. The van der Waals surface area contributed by atoms with Gasteiger partial charge < -0.3 is 10.1 Å². The number of para-hydroxylation sites is 1. The molecule has 0 bridgehead atoms. The van der Waals surface area contributed by atoms with E-state index >= 15 is 0 Å². The van der Waals surface area contributed by atoms with Crippen LogP contribution in [0.15, 0.2) is 36.4 Å². The van der Waals surface area contributed by atoms with Crippen molar-refractivity contribution in [2.75, 3.05) is 6.54 Å². The number of rotatable bonds is 4. The maximum Gasteiger partial charge on any atom is 0.226 e. The molecule has 1 amide bonds. The summed E-state index contributed by atoms with van der Waals surface area (Å²) in [7, 11) is 0. The standard InChI is InChI=1S/C22H22N2O2S/c1-13-9-14-11-15(12-23-21(25)22(2)7-8-22)26-19(14)16(10-13)20-24-17-5-3-4-6-18(17)27-20/h3-6,9-10,15H,7-8,11-12H2,1-2H3,(H,23,25)/t15-/m0/s1. The molecule has 0 saturated heterocycles. The number of carbonyl (C=O) groups is 1. The number of hydrogen-bond donors (Lipinski definition) is 1. The lowest BCUT2D eigenvalue weighted by Crippen LogP contribution is -2.38. The van der Waals surface area contributed by atoms with Crippen LogP contribution in [-0.2, 0) is 11.2 Å². The molecule has 1 aromatic heterocycles. The van der Waals surface area contributed by atoms with Crippen LogP contribution in [0.3, 0.4) is 0 Å². The van der Waals surface area contributed by atoms with Crippen LogP contribution in [0.1, 0.15) is 30.9 Å². The van der Waals surface area contributed by atoms with Gasteiger partial charge in [0.25, 0.3) is 0 Å². The van der Waals surface area contributed by atoms with E-state index in [4.69, 9.17) is 9.72 Å². The number of hydrogen-bond acceptors (Lipinski definition) is 4. The monoisotopic (exact) mass is 378 g/mol. The molecule has 1 aliphatic carbocycles. The van der Waals surface area contributed by atoms with Crippen LogP contribution in [0.4, 0.5) is 0 Å². The van der Waals surface area contributed by atoms with Crippen molar-refractivity contribution in [1.29, 1.82) is 0 Å². The Labute approximate surface area is 162 Å². The lowest BCUT2D eigenvalue weighted by Gasteiger charge is -2.15. The highest BCUT2D eigenvalue weighted by Crippen LogP contribution is 2.45. The highest BCUT2D eigenvalue weighted by molar-refractivity contribution is 7.21. The highest BCUT2D eigenvalue weighted by atomic mass is 32.1. The molecule has 2 aliphatic rings. The minimum atomic E-state index is -0.145. The smallest absolute Gasteiger partial charge is 0.226 e. The molecule has 0 spiro atoms. The molecule has 4 nitrogen and oxygen atoms in total. The van der Waals surface area contributed by atoms with Gasteiger partial charge in [0.15, 0.2) is 0 Å². The van der Waals surface area contributed by atoms with Crippen LogP contribution in [0.5, 0.6) is 5.75 Å². The topological polar surface area (TPSA) is 51.2 Å². The molecule has 27 heavy (non-hydrogen) atoms. The van der Waals surface area contributed by atoms with Crippen LogP contribution < -0.4 is 10.1 Å². The molecule has 2 aromatic carbocycles. The number of nitrogens with zero attached hydrogens (tertiary/aromatic N) is 1. The zero-order valence-corrected chi connectivity index (χ0v) is 16.4. The zero-order valence-electron chi connectivity index (χ0n) is 15.5. The van der Waals surface area contributed by atoms with Gasteiger partial charge in [-0.15, -0.1) is 11.3 Å². The second-order valence-electron chi connectivity index (χ2n) is 8.00. The molecular weight excluding hydrogens is 356 g/mol. The fourth-order valence-electron chi connectivity index (χ4n) is 3.69. The number of amides is 1. The Kier molecular flexibility index (Phi) is 3.76. The molecule has 1 atom stereocenters. The third kappa shape index (κ3) is 3.00. The molecule has 5 rings (SSSR count). The second kappa shape index (κ2) is 6.06. The number of fused-ring (bicyclic) bond motifs is 2. The first-order valence-corrected chi connectivity index (χ1v) is 10.3. The lowest BCUT2D eigenvalue weighted by molar-refractivity contribution is -0.126. The third-order valence-corrected chi connectivity index (χ3v) is 6.67. The summed E-state index contributed by atoms with van der Waals surface area (Å²) >= 11 is 1.70. The Morgan fingerprint density at radius 2 is 2.15 bits per heavy atom. The number of nitrogens with one attached hydrogen (secondary N) is 1. The Bertz CT molecular complexity index is 1020. The van der Waals surface area contributed by atoms with E-state index in [9.17, 15) is 4.79 Å². The van der Waals surface area contributed by atoms with Crippen LogP contribution in [0, 0.1) is 12.3 Å². The quantitative estimate of drug-likeness (QED) is 0.728. The first-order chi connectivity index (χ1) is 13.0. The van der Waals surface area contributed by atoms with E-state index in [2.05, 4.69) is 30.4 Å². The molecule has 5 heteroatoms. The van der Waals surface area contributed by atoms with Gasteiger partial charge >= 0.3 is 0 Å². The fraction of sp³-hybridized carbons (Fsp3) is 0.364. The summed E-state index contributed by atoms with van der Waals surface area (Å²) in [6.07, 6.45) is 2.80. The zero-order chi connectivity index (χ0) is 18.6. The molecular formula is C22H22N2O2S. The van der Waals surface area contributed by atoms with Gasteiger partial charge in [-0.05, 0) is 49.1 Å². The largest absolute Gasteiger partial charge is 0.487 e. The molecule has 1 saturated carbocycles. The Morgan fingerprint density at radius 3 is 2.93 bits per heavy atom. The van der Waals surface area contributed by atoms with Crippen molar-refractivity contribution in [2.45, 2.75) is 39.2 Å². The van der Waals surface area contributed by atoms with E-state index in [-0.39, 0.29) is 17.4 Å². The van der Waals surface area contributed by atoms with Crippen LogP contribution in [0.25, 0.3) is 20.8 Å². The van der Waals surface area contributed by atoms with Crippen molar-refractivity contribution < 1.29 is 9.53 Å². The molecule has 1 fully saturated rings. The van der Waals surface area contributed by atoms with Crippen molar-refractivity contribution in [2.24, 2.45) is 5.41 Å². The number of carbonyl (C=O) groups excluding carboxylic acids is 1. The normalized spacial score (nSPS) is 19.6. The van der Waals surface area contributed by atoms with Gasteiger partial charge in [0.05, 0.1) is 22.3 Å². The predicted octanol–water partition coefficient (Wildman–Crippen LogP) is 4.49. The summed E-state index contributed by atoms with van der Waals surface area (Å²) in [6, 6.07) is 12.6. The van der Waals surface area contributed by atoms with E-state index in [1.54, 1.807) is 11.3 Å². The second-order valence-corrected chi connectivity index (χ2v) is 9.03. The summed E-state index contributed by atoms with van der Waals surface area (Å²) in [5, 5.41) is 4.07. The fourth-order valence-corrected chi connectivity index (χ4v) is 4.67.